The third-order valence-corrected chi connectivity index (χ3v) is 6.52. The van der Waals surface area contributed by atoms with Crippen LogP contribution in [0.4, 0.5) is 13.2 Å². The van der Waals surface area contributed by atoms with E-state index in [1.807, 2.05) is 11.0 Å². The van der Waals surface area contributed by atoms with Crippen LogP contribution in [0.3, 0.4) is 0 Å². The summed E-state index contributed by atoms with van der Waals surface area (Å²) >= 11 is 0. The number of carbonyl (C=O) groups excluding carboxylic acids is 1. The van der Waals surface area contributed by atoms with Crippen LogP contribution < -0.4 is 0 Å². The molecule has 3 atom stereocenters. The largest absolute Gasteiger partial charge is 0.337 e. The maximum Gasteiger partial charge on any atom is 0.240 e. The molecular formula is C24H27F3N2O. The van der Waals surface area contributed by atoms with E-state index in [1.54, 1.807) is 36.9 Å². The summed E-state index contributed by atoms with van der Waals surface area (Å²) in [6, 6.07) is 9.61. The van der Waals surface area contributed by atoms with Gasteiger partial charge in [-0.3, -0.25) is 9.69 Å². The highest BCUT2D eigenvalue weighted by atomic mass is 19.1. The second-order valence-corrected chi connectivity index (χ2v) is 8.56. The molecule has 6 heteroatoms. The highest BCUT2D eigenvalue weighted by molar-refractivity contribution is 5.84. The normalized spacial score (nSPS) is 25.2. The molecule has 4 rings (SSSR count). The first kappa shape index (κ1) is 20.9. The first-order chi connectivity index (χ1) is 14.3. The van der Waals surface area contributed by atoms with Crippen molar-refractivity contribution in [1.82, 2.24) is 9.80 Å². The van der Waals surface area contributed by atoms with Gasteiger partial charge in [-0.1, -0.05) is 24.3 Å². The number of nitrogens with zero attached hydrogens (tertiary/aromatic N) is 2. The molecule has 0 aliphatic carbocycles. The standard InChI is InChI=1S/C24H27F3N2O/c1-15-3-5-17(11-20(15)25)13-29-10-8-23(24(29)30)28-9-7-19(22(27)14-28)18-6-4-16(2)21(26)12-18/h3-6,11-12,19,22-23H,7-10,13-14H2,1-2H3/t19-,22+,23-/m1/s1. The molecule has 2 aliphatic heterocycles. The Kier molecular flexibility index (Phi) is 5.87. The molecule has 2 aromatic rings. The summed E-state index contributed by atoms with van der Waals surface area (Å²) in [4.78, 5) is 16.6. The van der Waals surface area contributed by atoms with Gasteiger partial charge in [-0.2, -0.15) is 0 Å². The van der Waals surface area contributed by atoms with E-state index >= 15 is 0 Å². The van der Waals surface area contributed by atoms with Gasteiger partial charge in [0.05, 0.1) is 6.04 Å². The number of piperidine rings is 1. The Labute approximate surface area is 175 Å². The van der Waals surface area contributed by atoms with Crippen molar-refractivity contribution in [3.63, 3.8) is 0 Å². The van der Waals surface area contributed by atoms with Crippen LogP contribution in [0, 0.1) is 25.5 Å². The predicted molar refractivity (Wildman–Crippen MR) is 110 cm³/mol. The van der Waals surface area contributed by atoms with Gasteiger partial charge in [0.2, 0.25) is 5.91 Å². The molecule has 2 fully saturated rings. The number of rotatable bonds is 4. The van der Waals surface area contributed by atoms with Crippen molar-refractivity contribution in [2.24, 2.45) is 0 Å². The van der Waals surface area contributed by atoms with Crippen molar-refractivity contribution in [3.05, 3.63) is 70.3 Å². The fourth-order valence-electron chi connectivity index (χ4n) is 4.60. The van der Waals surface area contributed by atoms with E-state index < -0.39 is 6.17 Å². The van der Waals surface area contributed by atoms with Crippen LogP contribution in [0.5, 0.6) is 0 Å². The maximum atomic E-state index is 15.0. The predicted octanol–water partition coefficient (Wildman–Crippen LogP) is 4.51. The average molecular weight is 416 g/mol. The van der Waals surface area contributed by atoms with Gasteiger partial charge in [0.1, 0.15) is 17.8 Å². The third-order valence-electron chi connectivity index (χ3n) is 6.52. The van der Waals surface area contributed by atoms with Crippen LogP contribution in [0.25, 0.3) is 0 Å². The van der Waals surface area contributed by atoms with E-state index in [9.17, 15) is 18.0 Å². The fourth-order valence-corrected chi connectivity index (χ4v) is 4.60. The molecule has 1 amide bonds. The van der Waals surface area contributed by atoms with Gasteiger partial charge in [0, 0.05) is 25.6 Å². The lowest BCUT2D eigenvalue weighted by atomic mass is 9.87. The molecule has 3 nitrogen and oxygen atoms in total. The number of amides is 1. The van der Waals surface area contributed by atoms with E-state index in [4.69, 9.17) is 0 Å². The zero-order chi connectivity index (χ0) is 21.4. The first-order valence-corrected chi connectivity index (χ1v) is 10.5. The summed E-state index contributed by atoms with van der Waals surface area (Å²) in [6.45, 7) is 5.12. The number of likely N-dealkylation sites (tertiary alicyclic amines) is 2. The summed E-state index contributed by atoms with van der Waals surface area (Å²) in [6.07, 6.45) is 0.0502. The third kappa shape index (κ3) is 4.10. The van der Waals surface area contributed by atoms with E-state index in [0.29, 0.717) is 49.2 Å². The summed E-state index contributed by atoms with van der Waals surface area (Å²) in [5.41, 5.74) is 2.58. The van der Waals surface area contributed by atoms with Crippen LogP contribution in [0.15, 0.2) is 36.4 Å². The molecule has 2 saturated heterocycles. The van der Waals surface area contributed by atoms with Crippen molar-refractivity contribution in [2.45, 2.75) is 51.4 Å². The monoisotopic (exact) mass is 416 g/mol. The molecule has 0 unspecified atom stereocenters. The molecule has 0 radical (unpaired) electrons. The Balaban J connectivity index is 1.39. The second kappa shape index (κ2) is 8.42. The number of halogens is 3. The molecule has 2 aromatic carbocycles. The van der Waals surface area contributed by atoms with Crippen LogP contribution in [0.2, 0.25) is 0 Å². The van der Waals surface area contributed by atoms with Crippen LogP contribution in [-0.2, 0) is 11.3 Å². The van der Waals surface area contributed by atoms with Gasteiger partial charge in [-0.25, -0.2) is 13.2 Å². The fraction of sp³-hybridized carbons (Fsp3) is 0.458. The quantitative estimate of drug-likeness (QED) is 0.732. The molecule has 2 heterocycles. The molecule has 30 heavy (non-hydrogen) atoms. The smallest absolute Gasteiger partial charge is 0.240 e. The Bertz CT molecular complexity index is 948. The summed E-state index contributed by atoms with van der Waals surface area (Å²) < 4.78 is 42.7. The molecular weight excluding hydrogens is 389 g/mol. The number of hydrogen-bond donors (Lipinski definition) is 0. The van der Waals surface area contributed by atoms with Gasteiger partial charge >= 0.3 is 0 Å². The average Bonchev–Trinajstić information content (AvgIpc) is 3.07. The summed E-state index contributed by atoms with van der Waals surface area (Å²) in [7, 11) is 0. The minimum Gasteiger partial charge on any atom is -0.337 e. The lowest BCUT2D eigenvalue weighted by molar-refractivity contribution is -0.133. The maximum absolute atomic E-state index is 15.0. The number of alkyl halides is 1. The summed E-state index contributed by atoms with van der Waals surface area (Å²) in [5.74, 6) is -0.954. The SMILES string of the molecule is Cc1ccc(CN2CC[C@@H](N3CC[C@H](c4ccc(C)c(F)c4)[C@@H](F)C3)C2=O)cc1F. The Hall–Kier alpha value is -2.34. The Morgan fingerprint density at radius 1 is 0.967 bits per heavy atom. The van der Waals surface area contributed by atoms with Gasteiger partial charge < -0.3 is 4.90 Å². The number of hydrogen-bond acceptors (Lipinski definition) is 2. The molecule has 0 saturated carbocycles. The van der Waals surface area contributed by atoms with Crippen molar-refractivity contribution in [3.8, 4) is 0 Å². The topological polar surface area (TPSA) is 23.6 Å². The second-order valence-electron chi connectivity index (χ2n) is 8.56. The molecule has 2 aliphatic rings. The molecule has 0 bridgehead atoms. The number of benzene rings is 2. The van der Waals surface area contributed by atoms with Gasteiger partial charge in [0.15, 0.2) is 0 Å². The minimum atomic E-state index is -1.14. The van der Waals surface area contributed by atoms with Crippen molar-refractivity contribution >= 4 is 5.91 Å². The van der Waals surface area contributed by atoms with Crippen molar-refractivity contribution < 1.29 is 18.0 Å². The molecule has 0 spiro atoms. The lowest BCUT2D eigenvalue weighted by Crippen LogP contribution is -2.49. The first-order valence-electron chi connectivity index (χ1n) is 10.5. The van der Waals surface area contributed by atoms with E-state index in [2.05, 4.69) is 0 Å². The number of aryl methyl sites for hydroxylation is 2. The highest BCUT2D eigenvalue weighted by Crippen LogP contribution is 2.33. The zero-order valence-electron chi connectivity index (χ0n) is 17.4. The van der Waals surface area contributed by atoms with Crippen molar-refractivity contribution in [1.29, 1.82) is 0 Å². The highest BCUT2D eigenvalue weighted by Gasteiger charge is 2.40. The lowest BCUT2D eigenvalue weighted by Gasteiger charge is -2.37. The number of carbonyl (C=O) groups is 1. The van der Waals surface area contributed by atoms with Crippen LogP contribution >= 0.6 is 0 Å². The van der Waals surface area contributed by atoms with Gasteiger partial charge in [-0.15, -0.1) is 0 Å². The molecule has 160 valence electrons. The van der Waals surface area contributed by atoms with Gasteiger partial charge in [-0.05, 0) is 67.6 Å². The molecule has 0 aromatic heterocycles. The molecule has 0 N–H and O–H groups in total. The van der Waals surface area contributed by atoms with Crippen LogP contribution in [0.1, 0.15) is 41.0 Å². The van der Waals surface area contributed by atoms with Crippen molar-refractivity contribution in [2.75, 3.05) is 19.6 Å². The van der Waals surface area contributed by atoms with E-state index in [-0.39, 0.29) is 36.0 Å². The summed E-state index contributed by atoms with van der Waals surface area (Å²) in [5, 5.41) is 0. The Morgan fingerprint density at radius 2 is 1.67 bits per heavy atom. The van der Waals surface area contributed by atoms with Gasteiger partial charge in [0.25, 0.3) is 0 Å². The van der Waals surface area contributed by atoms with E-state index in [1.165, 1.54) is 12.1 Å². The minimum absolute atomic E-state index is 0.0250. The Morgan fingerprint density at radius 3 is 2.33 bits per heavy atom. The van der Waals surface area contributed by atoms with Crippen LogP contribution in [-0.4, -0.2) is 47.6 Å². The van der Waals surface area contributed by atoms with E-state index in [0.717, 1.165) is 5.56 Å². The zero-order valence-corrected chi connectivity index (χ0v) is 17.4.